The van der Waals surface area contributed by atoms with Gasteiger partial charge in [0.25, 0.3) is 5.56 Å². The fourth-order valence-corrected chi connectivity index (χ4v) is 3.73. The molecule has 7 heteroatoms. The smallest absolute Gasteiger partial charge is 0.255 e. The van der Waals surface area contributed by atoms with Crippen molar-refractivity contribution in [1.29, 1.82) is 0 Å². The van der Waals surface area contributed by atoms with Crippen molar-refractivity contribution in [1.82, 2.24) is 9.55 Å². The van der Waals surface area contributed by atoms with E-state index in [1.807, 2.05) is 0 Å². The van der Waals surface area contributed by atoms with Crippen LogP contribution in [0.5, 0.6) is 0 Å². The lowest BCUT2D eigenvalue weighted by molar-refractivity contribution is 0.343. The second-order valence-corrected chi connectivity index (χ2v) is 7.44. The molecule has 100 valence electrons. The molecule has 0 spiro atoms. The number of aromatic nitrogens is 2. The predicted molar refractivity (Wildman–Crippen MR) is 69.6 cm³/mol. The van der Waals surface area contributed by atoms with Crippen LogP contribution in [-0.4, -0.2) is 29.5 Å². The van der Waals surface area contributed by atoms with Crippen LogP contribution in [0.25, 0.3) is 0 Å². The van der Waals surface area contributed by atoms with Gasteiger partial charge in [0.15, 0.2) is 0 Å². The van der Waals surface area contributed by atoms with Gasteiger partial charge >= 0.3 is 0 Å². The Hall–Kier alpha value is -0.880. The van der Waals surface area contributed by atoms with Crippen LogP contribution in [0.4, 0.5) is 0 Å². The average Bonchev–Trinajstić information content (AvgIpc) is 2.28. The van der Waals surface area contributed by atoms with Crippen LogP contribution < -0.4 is 5.56 Å². The van der Waals surface area contributed by atoms with Gasteiger partial charge in [-0.05, 0) is 19.3 Å². The van der Waals surface area contributed by atoms with E-state index in [4.69, 9.17) is 11.6 Å². The van der Waals surface area contributed by atoms with Crippen LogP contribution in [0, 0.1) is 0 Å². The Morgan fingerprint density at radius 1 is 1.44 bits per heavy atom. The van der Waals surface area contributed by atoms with Crippen molar-refractivity contribution in [3.8, 4) is 0 Å². The molecule has 0 aromatic carbocycles. The highest BCUT2D eigenvalue weighted by atomic mass is 35.5. The van der Waals surface area contributed by atoms with Crippen molar-refractivity contribution in [3.05, 3.63) is 27.9 Å². The molecule has 0 amide bonds. The number of hydrogen-bond acceptors (Lipinski definition) is 4. The monoisotopic (exact) mass is 290 g/mol. The number of nitrogens with zero attached hydrogens (tertiary/aromatic N) is 2. The largest absolute Gasteiger partial charge is 0.296 e. The average molecular weight is 291 g/mol. The summed E-state index contributed by atoms with van der Waals surface area (Å²) in [4.78, 5) is 15.7. The highest BCUT2D eigenvalue weighted by Crippen LogP contribution is 2.30. The van der Waals surface area contributed by atoms with Crippen LogP contribution in [0.1, 0.15) is 31.7 Å². The lowest BCUT2D eigenvalue weighted by atomic mass is 9.95. The van der Waals surface area contributed by atoms with Crippen molar-refractivity contribution in [3.63, 3.8) is 0 Å². The Labute approximate surface area is 111 Å². The Kier molecular flexibility index (Phi) is 3.77. The van der Waals surface area contributed by atoms with E-state index in [0.29, 0.717) is 12.8 Å². The van der Waals surface area contributed by atoms with Crippen molar-refractivity contribution in [2.45, 2.75) is 37.0 Å². The van der Waals surface area contributed by atoms with Crippen molar-refractivity contribution in [2.24, 2.45) is 0 Å². The third kappa shape index (κ3) is 2.92. The molecule has 5 nitrogen and oxygen atoms in total. The maximum absolute atomic E-state index is 11.8. The molecular weight excluding hydrogens is 276 g/mol. The van der Waals surface area contributed by atoms with E-state index >= 15 is 0 Å². The zero-order valence-electron chi connectivity index (χ0n) is 10.0. The lowest BCUT2D eigenvalue weighted by Crippen LogP contribution is -2.33. The molecular formula is C11H15ClN2O3S. The van der Waals surface area contributed by atoms with Crippen molar-refractivity contribution >= 4 is 21.4 Å². The van der Waals surface area contributed by atoms with Gasteiger partial charge in [-0.25, -0.2) is 13.4 Å². The first-order chi connectivity index (χ1) is 8.38. The highest BCUT2D eigenvalue weighted by Gasteiger charge is 2.30. The van der Waals surface area contributed by atoms with Crippen molar-refractivity contribution in [2.75, 3.05) is 6.26 Å². The molecule has 0 saturated heterocycles. The van der Waals surface area contributed by atoms with Gasteiger partial charge in [-0.15, -0.1) is 0 Å². The van der Waals surface area contributed by atoms with Crippen LogP contribution >= 0.6 is 11.6 Å². The Morgan fingerprint density at radius 3 is 2.78 bits per heavy atom. The number of sulfone groups is 1. The normalized spacial score (nSPS) is 25.0. The maximum atomic E-state index is 11.8. The number of hydrogen-bond donors (Lipinski definition) is 0. The molecule has 2 unspecified atom stereocenters. The molecule has 2 rings (SSSR count). The molecule has 1 saturated carbocycles. The van der Waals surface area contributed by atoms with Crippen LogP contribution in [0.3, 0.4) is 0 Å². The minimum atomic E-state index is -3.05. The number of halogens is 1. The van der Waals surface area contributed by atoms with Gasteiger partial charge in [-0.1, -0.05) is 18.0 Å². The summed E-state index contributed by atoms with van der Waals surface area (Å²) in [5, 5.41) is -0.203. The van der Waals surface area contributed by atoms with Gasteiger partial charge in [0.1, 0.15) is 15.0 Å². The summed E-state index contributed by atoms with van der Waals surface area (Å²) in [7, 11) is -3.05. The standard InChI is InChI=1S/C11H15ClN2O3S/c1-18(16,17)9-4-2-3-8(5-9)14-7-13-10(12)6-11(14)15/h6-9H,2-5H2,1H3. The zero-order chi connectivity index (χ0) is 13.3. The van der Waals surface area contributed by atoms with E-state index in [0.717, 1.165) is 12.8 Å². The minimum absolute atomic E-state index is 0.101. The molecule has 1 fully saturated rings. The zero-order valence-corrected chi connectivity index (χ0v) is 11.6. The lowest BCUT2D eigenvalue weighted by Gasteiger charge is -2.29. The fourth-order valence-electron chi connectivity index (χ4n) is 2.42. The van der Waals surface area contributed by atoms with E-state index in [2.05, 4.69) is 4.98 Å². The molecule has 1 aromatic rings. The second-order valence-electron chi connectivity index (χ2n) is 4.73. The Bertz CT molecular complexity index is 597. The third-order valence-corrected chi connectivity index (χ3v) is 5.25. The topological polar surface area (TPSA) is 69.0 Å². The molecule has 0 aliphatic heterocycles. The van der Waals surface area contributed by atoms with Gasteiger partial charge in [-0.2, -0.15) is 0 Å². The Morgan fingerprint density at radius 2 is 2.17 bits per heavy atom. The SMILES string of the molecule is CS(=O)(=O)C1CCCC(n2cnc(Cl)cc2=O)C1. The summed E-state index contributed by atoms with van der Waals surface area (Å²) >= 11 is 5.64. The molecule has 2 atom stereocenters. The second kappa shape index (κ2) is 5.01. The van der Waals surface area contributed by atoms with E-state index in [-0.39, 0.29) is 22.0 Å². The van der Waals surface area contributed by atoms with E-state index < -0.39 is 9.84 Å². The molecule has 1 heterocycles. The predicted octanol–water partition coefficient (Wildman–Crippen LogP) is 1.43. The first-order valence-corrected chi connectivity index (χ1v) is 8.14. The first kappa shape index (κ1) is 13.5. The van der Waals surface area contributed by atoms with Crippen LogP contribution in [0.2, 0.25) is 5.15 Å². The van der Waals surface area contributed by atoms with Crippen molar-refractivity contribution < 1.29 is 8.42 Å². The summed E-state index contributed by atoms with van der Waals surface area (Å²) in [6.07, 6.45) is 5.41. The minimum Gasteiger partial charge on any atom is -0.296 e. The summed E-state index contributed by atoms with van der Waals surface area (Å²) in [5.74, 6) is 0. The third-order valence-electron chi connectivity index (χ3n) is 3.40. The summed E-state index contributed by atoms with van der Waals surface area (Å²) in [6.45, 7) is 0. The van der Waals surface area contributed by atoms with Gasteiger partial charge in [0.05, 0.1) is 11.6 Å². The van der Waals surface area contributed by atoms with E-state index in [1.165, 1.54) is 23.2 Å². The summed E-state index contributed by atoms with van der Waals surface area (Å²) < 4.78 is 24.6. The van der Waals surface area contributed by atoms with Crippen LogP contribution in [-0.2, 0) is 9.84 Å². The molecule has 0 radical (unpaired) electrons. The number of rotatable bonds is 2. The maximum Gasteiger partial charge on any atom is 0.255 e. The molecule has 0 N–H and O–H groups in total. The molecule has 18 heavy (non-hydrogen) atoms. The Balaban J connectivity index is 2.26. The van der Waals surface area contributed by atoms with E-state index in [1.54, 1.807) is 0 Å². The molecule has 0 bridgehead atoms. The van der Waals surface area contributed by atoms with Gasteiger partial charge in [0.2, 0.25) is 0 Å². The highest BCUT2D eigenvalue weighted by molar-refractivity contribution is 7.91. The van der Waals surface area contributed by atoms with E-state index in [9.17, 15) is 13.2 Å². The molecule has 1 aliphatic carbocycles. The summed E-state index contributed by atoms with van der Waals surface area (Å²) in [6, 6.07) is 1.15. The van der Waals surface area contributed by atoms with Gasteiger partial charge < -0.3 is 0 Å². The fraction of sp³-hybridized carbons (Fsp3) is 0.636. The first-order valence-electron chi connectivity index (χ1n) is 5.80. The molecule has 1 aliphatic rings. The van der Waals surface area contributed by atoms with Crippen LogP contribution in [0.15, 0.2) is 17.2 Å². The summed E-state index contributed by atoms with van der Waals surface area (Å²) in [5.41, 5.74) is -0.228. The molecule has 1 aromatic heterocycles. The van der Waals surface area contributed by atoms with Gasteiger partial charge in [-0.3, -0.25) is 9.36 Å². The van der Waals surface area contributed by atoms with Gasteiger partial charge in [0, 0.05) is 18.4 Å². The quantitative estimate of drug-likeness (QED) is 0.773.